The number of ether oxygens (including phenoxy) is 5. The molecule has 2 fully saturated rings. The van der Waals surface area contributed by atoms with Crippen molar-refractivity contribution < 1.29 is 63.7 Å². The lowest BCUT2D eigenvalue weighted by atomic mass is 9.79. The number of methoxy groups -OCH3 is 1. The van der Waals surface area contributed by atoms with Gasteiger partial charge in [-0.15, -0.1) is 6.58 Å². The fourth-order valence-electron chi connectivity index (χ4n) is 6.12. The molecule has 0 saturated carbocycles. The van der Waals surface area contributed by atoms with Crippen molar-refractivity contribution in [2.45, 2.75) is 63.0 Å². The van der Waals surface area contributed by atoms with Crippen LogP contribution in [0.3, 0.4) is 0 Å². The number of nitrogens with zero attached hydrogens (tertiary/aromatic N) is 1. The zero-order valence-corrected chi connectivity index (χ0v) is 26.6. The van der Waals surface area contributed by atoms with E-state index in [1.54, 1.807) is 26.0 Å². The minimum absolute atomic E-state index is 0.0399. The zero-order chi connectivity index (χ0) is 34.1. The van der Waals surface area contributed by atoms with Crippen LogP contribution in [0.15, 0.2) is 41.6 Å². The van der Waals surface area contributed by atoms with Crippen LogP contribution in [0, 0.1) is 23.7 Å². The Morgan fingerprint density at radius 3 is 2.52 bits per heavy atom. The second kappa shape index (κ2) is 17.2. The number of likely N-dealkylation sites (tertiary alicyclic amines) is 1. The normalized spacial score (nSPS) is 37.0. The average Bonchev–Trinajstić information content (AvgIpc) is 3.03. The summed E-state index contributed by atoms with van der Waals surface area (Å²) in [6, 6.07) is -0.722. The molecule has 0 aromatic carbocycles. The number of nitrogens with one attached hydrogen (secondary N) is 2. The molecular weight excluding hydrogens is 608 g/mol. The van der Waals surface area contributed by atoms with Crippen LogP contribution in [0.5, 0.6) is 0 Å². The number of aliphatic hydroxyl groups excluding tert-OH is 4. The van der Waals surface area contributed by atoms with E-state index in [2.05, 4.69) is 16.9 Å². The predicted molar refractivity (Wildman–Crippen MR) is 159 cm³/mol. The molecule has 0 spiro atoms. The summed E-state index contributed by atoms with van der Waals surface area (Å²) < 4.78 is 28.6. The van der Waals surface area contributed by atoms with Crippen LogP contribution in [0.4, 0.5) is 0 Å². The van der Waals surface area contributed by atoms with Crippen molar-refractivity contribution in [3.8, 4) is 0 Å². The Hall–Kier alpha value is -3.09. The molecule has 0 bridgehead atoms. The molecule has 0 radical (unpaired) electrons. The number of carboxylic acid groups (broad SMARTS) is 1. The molecule has 8 N–H and O–H groups in total. The number of carbonyl (C=O) groups is 2. The van der Waals surface area contributed by atoms with Gasteiger partial charge in [-0.2, -0.15) is 0 Å². The van der Waals surface area contributed by atoms with Crippen LogP contribution < -0.4 is 21.1 Å². The standard InChI is InChI=1S/C30H48N4O12/c1-6-17-18(8-7-16-11-34(9-10-35)12-19(26(39)40)22(16)33-30(31)32-4)20(27(41)42-5)14-43-28(17)46-29-25(44-15(2)3)24(38)23(37)21(13-36)45-29/h6-8,14-19,21-25,28-29,35-38H,1,9-13H2,2-5H3,(H,39,40)(H3,31,32,33). The largest absolute Gasteiger partial charge is 0.550 e. The number of aliphatic imine (C=N–C) groups is 1. The highest BCUT2D eigenvalue weighted by molar-refractivity contribution is 5.89. The first-order valence-electron chi connectivity index (χ1n) is 15.2. The van der Waals surface area contributed by atoms with Gasteiger partial charge in [0.15, 0.2) is 12.2 Å². The number of allylic oxidation sites excluding steroid dienone is 1. The van der Waals surface area contributed by atoms with E-state index in [-0.39, 0.29) is 24.7 Å². The van der Waals surface area contributed by atoms with Crippen LogP contribution in [0.1, 0.15) is 13.8 Å². The Morgan fingerprint density at radius 2 is 1.96 bits per heavy atom. The molecule has 3 heterocycles. The Labute approximate surface area is 268 Å². The Kier molecular flexibility index (Phi) is 14.0. The van der Waals surface area contributed by atoms with Gasteiger partial charge in [-0.1, -0.05) is 18.2 Å². The van der Waals surface area contributed by atoms with E-state index in [4.69, 9.17) is 29.4 Å². The number of carbonyl (C=O) groups excluding carboxylic acids is 2. The number of aliphatic carboxylic acids is 1. The van der Waals surface area contributed by atoms with E-state index < -0.39 is 91.4 Å². The number of carboxylic acids is 1. The third-order valence-electron chi connectivity index (χ3n) is 8.45. The smallest absolute Gasteiger partial charge is 0.337 e. The predicted octanol–water partition coefficient (Wildman–Crippen LogP) is -4.60. The van der Waals surface area contributed by atoms with Gasteiger partial charge in [-0.05, 0) is 13.8 Å². The molecule has 3 aliphatic rings. The molecule has 0 aromatic heterocycles. The molecule has 3 rings (SSSR count). The highest BCUT2D eigenvalue weighted by Gasteiger charge is 2.49. The molecule has 0 amide bonds. The van der Waals surface area contributed by atoms with Gasteiger partial charge in [0.1, 0.15) is 31.0 Å². The molecule has 260 valence electrons. The van der Waals surface area contributed by atoms with Crippen LogP contribution in [0.25, 0.3) is 0 Å². The topological polar surface area (TPSA) is 239 Å². The van der Waals surface area contributed by atoms with Gasteiger partial charge in [0.2, 0.25) is 6.29 Å². The summed E-state index contributed by atoms with van der Waals surface area (Å²) in [4.78, 5) is 29.8. The summed E-state index contributed by atoms with van der Waals surface area (Å²) in [5, 5.41) is 55.7. The lowest BCUT2D eigenvalue weighted by Crippen LogP contribution is -3.16. The third-order valence-corrected chi connectivity index (χ3v) is 8.45. The van der Waals surface area contributed by atoms with Gasteiger partial charge in [-0.25, -0.2) is 4.79 Å². The number of esters is 1. The SMILES string of the molecule is C=CC1C(OC2OC(CO)C(O)C(O)C2OC(C)C)OC=C(C(=O)OC)C1C=CC1C[NH+](CCO)CC(C(=O)[O-])C1NC(N)=NC. The van der Waals surface area contributed by atoms with Crippen molar-refractivity contribution in [3.05, 3.63) is 36.6 Å². The molecule has 0 aliphatic carbocycles. The highest BCUT2D eigenvalue weighted by atomic mass is 16.8. The quantitative estimate of drug-likeness (QED) is 0.0428. The van der Waals surface area contributed by atoms with Gasteiger partial charge in [-0.3, -0.25) is 4.99 Å². The second-order valence-corrected chi connectivity index (χ2v) is 11.8. The van der Waals surface area contributed by atoms with Gasteiger partial charge in [0, 0.05) is 18.9 Å². The number of guanidine groups is 1. The maximum atomic E-state index is 12.9. The molecule has 12 unspecified atom stereocenters. The summed E-state index contributed by atoms with van der Waals surface area (Å²) in [7, 11) is 2.68. The maximum Gasteiger partial charge on any atom is 0.337 e. The van der Waals surface area contributed by atoms with E-state index >= 15 is 0 Å². The monoisotopic (exact) mass is 656 g/mol. The maximum absolute atomic E-state index is 12.9. The van der Waals surface area contributed by atoms with Gasteiger partial charge in [0.05, 0.1) is 75.2 Å². The van der Waals surface area contributed by atoms with Gasteiger partial charge >= 0.3 is 5.97 Å². The number of hydrogen-bond acceptors (Lipinski definition) is 13. The lowest BCUT2D eigenvalue weighted by Gasteiger charge is -2.44. The van der Waals surface area contributed by atoms with Crippen molar-refractivity contribution in [1.82, 2.24) is 5.32 Å². The summed E-state index contributed by atoms with van der Waals surface area (Å²) in [6.07, 6.45) is -1.92. The summed E-state index contributed by atoms with van der Waals surface area (Å²) >= 11 is 0. The van der Waals surface area contributed by atoms with Crippen LogP contribution >= 0.6 is 0 Å². The van der Waals surface area contributed by atoms with E-state index in [9.17, 15) is 35.1 Å². The van der Waals surface area contributed by atoms with Crippen molar-refractivity contribution in [2.24, 2.45) is 34.4 Å². The average molecular weight is 657 g/mol. The Balaban J connectivity index is 1.98. The van der Waals surface area contributed by atoms with Crippen molar-refractivity contribution in [2.75, 3.05) is 47.0 Å². The molecule has 12 atom stereocenters. The van der Waals surface area contributed by atoms with Gasteiger partial charge < -0.3 is 70.0 Å². The number of aliphatic hydroxyl groups is 4. The fourth-order valence-corrected chi connectivity index (χ4v) is 6.12. The van der Waals surface area contributed by atoms with Crippen molar-refractivity contribution in [3.63, 3.8) is 0 Å². The third kappa shape index (κ3) is 8.83. The number of rotatable bonds is 13. The second-order valence-electron chi connectivity index (χ2n) is 11.8. The Morgan fingerprint density at radius 1 is 1.24 bits per heavy atom. The molecule has 0 aromatic rings. The van der Waals surface area contributed by atoms with E-state index in [0.717, 1.165) is 4.90 Å². The number of quaternary nitrogens is 1. The van der Waals surface area contributed by atoms with Crippen LogP contribution in [-0.2, 0) is 33.3 Å². The zero-order valence-electron chi connectivity index (χ0n) is 26.6. The molecule has 46 heavy (non-hydrogen) atoms. The first kappa shape index (κ1) is 37.4. The van der Waals surface area contributed by atoms with E-state index in [1.807, 2.05) is 0 Å². The number of hydrogen-bond donors (Lipinski definition) is 7. The molecule has 3 aliphatic heterocycles. The van der Waals surface area contributed by atoms with Crippen molar-refractivity contribution in [1.29, 1.82) is 0 Å². The first-order valence-corrected chi connectivity index (χ1v) is 15.2. The summed E-state index contributed by atoms with van der Waals surface area (Å²) in [5.74, 6) is -4.91. The Bertz CT molecular complexity index is 1130. The summed E-state index contributed by atoms with van der Waals surface area (Å²) in [5.41, 5.74) is 6.06. The van der Waals surface area contributed by atoms with E-state index in [1.165, 1.54) is 26.5 Å². The van der Waals surface area contributed by atoms with Gasteiger partial charge in [0.25, 0.3) is 0 Å². The highest BCUT2D eigenvalue weighted by Crippen LogP contribution is 2.37. The fraction of sp³-hybridized carbons (Fsp3) is 0.700. The number of piperidine rings is 1. The lowest BCUT2D eigenvalue weighted by molar-refractivity contribution is -0.911. The van der Waals surface area contributed by atoms with Crippen molar-refractivity contribution >= 4 is 17.9 Å². The molecule has 16 nitrogen and oxygen atoms in total. The molecule has 2 saturated heterocycles. The summed E-state index contributed by atoms with van der Waals surface area (Å²) in [6.45, 7) is 7.54. The number of nitrogens with two attached hydrogens (primary N) is 1. The minimum atomic E-state index is -1.46. The van der Waals surface area contributed by atoms with Crippen LogP contribution in [-0.4, -0.2) is 134 Å². The first-order chi connectivity index (χ1) is 21.9. The minimum Gasteiger partial charge on any atom is -0.550 e. The van der Waals surface area contributed by atoms with Crippen LogP contribution in [0.2, 0.25) is 0 Å². The molecular formula is C30H48N4O12. The molecule has 16 heteroatoms. The van der Waals surface area contributed by atoms with E-state index in [0.29, 0.717) is 13.1 Å².